The molecule has 1 aliphatic heterocycles. The minimum absolute atomic E-state index is 0.858. The van der Waals surface area contributed by atoms with Crippen molar-refractivity contribution in [2.75, 3.05) is 6.54 Å². The fraction of sp³-hybridized carbons (Fsp3) is 0.154. The van der Waals surface area contributed by atoms with E-state index in [0.29, 0.717) is 0 Å². The van der Waals surface area contributed by atoms with Crippen LogP contribution in [0.2, 0.25) is 0 Å². The SMILES string of the molecule is C1=CC2=C(CN=C1)Cc1ccccc12. The molecular weight excluding hydrogens is 170 g/mol. The van der Waals surface area contributed by atoms with Crippen molar-refractivity contribution in [2.24, 2.45) is 4.99 Å². The molecule has 0 spiro atoms. The van der Waals surface area contributed by atoms with Crippen LogP contribution in [-0.4, -0.2) is 12.8 Å². The zero-order chi connectivity index (χ0) is 9.38. The summed E-state index contributed by atoms with van der Waals surface area (Å²) < 4.78 is 0. The Morgan fingerprint density at radius 2 is 2.07 bits per heavy atom. The third-order valence-corrected chi connectivity index (χ3v) is 2.83. The van der Waals surface area contributed by atoms with Gasteiger partial charge in [0.05, 0.1) is 6.54 Å². The summed E-state index contributed by atoms with van der Waals surface area (Å²) in [6.45, 7) is 0.858. The molecule has 1 aromatic carbocycles. The third-order valence-electron chi connectivity index (χ3n) is 2.83. The van der Waals surface area contributed by atoms with Gasteiger partial charge in [0.15, 0.2) is 0 Å². The molecule has 0 N–H and O–H groups in total. The van der Waals surface area contributed by atoms with Gasteiger partial charge in [0.1, 0.15) is 0 Å². The maximum absolute atomic E-state index is 4.33. The predicted molar refractivity (Wildman–Crippen MR) is 59.6 cm³/mol. The number of nitrogens with zero attached hydrogens (tertiary/aromatic N) is 1. The maximum Gasteiger partial charge on any atom is 0.0611 e. The monoisotopic (exact) mass is 181 g/mol. The second-order valence-electron chi connectivity index (χ2n) is 3.70. The van der Waals surface area contributed by atoms with E-state index in [0.717, 1.165) is 13.0 Å². The largest absolute Gasteiger partial charge is 0.289 e. The number of aliphatic imine (C=N–C) groups is 1. The van der Waals surface area contributed by atoms with Crippen LogP contribution in [-0.2, 0) is 6.42 Å². The predicted octanol–water partition coefficient (Wildman–Crippen LogP) is 2.64. The number of rotatable bonds is 0. The molecule has 14 heavy (non-hydrogen) atoms. The van der Waals surface area contributed by atoms with E-state index < -0.39 is 0 Å². The summed E-state index contributed by atoms with van der Waals surface area (Å²) >= 11 is 0. The Labute approximate surface area is 83.5 Å². The molecule has 0 atom stereocenters. The van der Waals surface area contributed by atoms with Crippen LogP contribution in [0.4, 0.5) is 0 Å². The first-order chi connectivity index (χ1) is 6.95. The van der Waals surface area contributed by atoms with Crippen molar-refractivity contribution in [3.8, 4) is 0 Å². The molecule has 1 heterocycles. The zero-order valence-corrected chi connectivity index (χ0v) is 7.90. The van der Waals surface area contributed by atoms with Crippen molar-refractivity contribution in [2.45, 2.75) is 6.42 Å². The Hall–Kier alpha value is -1.63. The van der Waals surface area contributed by atoms with Crippen LogP contribution in [0, 0.1) is 0 Å². The van der Waals surface area contributed by atoms with Crippen molar-refractivity contribution in [1.29, 1.82) is 0 Å². The molecule has 68 valence electrons. The lowest BCUT2D eigenvalue weighted by Crippen LogP contribution is -1.88. The molecule has 0 saturated carbocycles. The number of hydrogen-bond acceptors (Lipinski definition) is 1. The van der Waals surface area contributed by atoms with E-state index >= 15 is 0 Å². The molecule has 1 nitrogen and oxygen atoms in total. The number of fused-ring (bicyclic) bond motifs is 2. The van der Waals surface area contributed by atoms with Gasteiger partial charge in [-0.05, 0) is 34.8 Å². The Morgan fingerprint density at radius 1 is 1.14 bits per heavy atom. The minimum Gasteiger partial charge on any atom is -0.289 e. The van der Waals surface area contributed by atoms with E-state index in [1.54, 1.807) is 0 Å². The van der Waals surface area contributed by atoms with Crippen molar-refractivity contribution >= 4 is 11.8 Å². The highest BCUT2D eigenvalue weighted by Gasteiger charge is 2.18. The average molecular weight is 181 g/mol. The van der Waals surface area contributed by atoms with Gasteiger partial charge in [-0.1, -0.05) is 30.3 Å². The van der Waals surface area contributed by atoms with Gasteiger partial charge in [-0.3, -0.25) is 4.99 Å². The molecule has 0 amide bonds. The summed E-state index contributed by atoms with van der Waals surface area (Å²) in [7, 11) is 0. The maximum atomic E-state index is 4.33. The molecule has 0 bridgehead atoms. The van der Waals surface area contributed by atoms with Gasteiger partial charge >= 0.3 is 0 Å². The molecule has 1 aliphatic carbocycles. The van der Waals surface area contributed by atoms with E-state index in [9.17, 15) is 0 Å². The van der Waals surface area contributed by atoms with Crippen LogP contribution in [0.25, 0.3) is 5.57 Å². The van der Waals surface area contributed by atoms with Crippen molar-refractivity contribution < 1.29 is 0 Å². The van der Waals surface area contributed by atoms with Gasteiger partial charge in [0, 0.05) is 6.21 Å². The summed E-state index contributed by atoms with van der Waals surface area (Å²) in [5, 5.41) is 0. The summed E-state index contributed by atoms with van der Waals surface area (Å²) in [6, 6.07) is 8.63. The summed E-state index contributed by atoms with van der Waals surface area (Å²) in [6.07, 6.45) is 7.18. The quantitative estimate of drug-likeness (QED) is 0.583. The zero-order valence-electron chi connectivity index (χ0n) is 7.90. The molecule has 0 fully saturated rings. The third kappa shape index (κ3) is 1.06. The van der Waals surface area contributed by atoms with Gasteiger partial charge in [0.2, 0.25) is 0 Å². The van der Waals surface area contributed by atoms with Crippen LogP contribution >= 0.6 is 0 Å². The molecule has 0 aromatic heterocycles. The van der Waals surface area contributed by atoms with E-state index in [2.05, 4.69) is 35.3 Å². The van der Waals surface area contributed by atoms with Crippen molar-refractivity contribution in [3.63, 3.8) is 0 Å². The van der Waals surface area contributed by atoms with Crippen molar-refractivity contribution in [3.05, 3.63) is 53.1 Å². The van der Waals surface area contributed by atoms with Gasteiger partial charge in [0.25, 0.3) is 0 Å². The minimum atomic E-state index is 0.858. The number of benzene rings is 1. The highest BCUT2D eigenvalue weighted by atomic mass is 14.7. The smallest absolute Gasteiger partial charge is 0.0611 e. The molecule has 2 aliphatic rings. The molecule has 3 rings (SSSR count). The lowest BCUT2D eigenvalue weighted by atomic mass is 10.1. The van der Waals surface area contributed by atoms with Gasteiger partial charge < -0.3 is 0 Å². The Kier molecular flexibility index (Phi) is 1.63. The second-order valence-corrected chi connectivity index (χ2v) is 3.70. The molecular formula is C13H11N. The summed E-state index contributed by atoms with van der Waals surface area (Å²) in [5.41, 5.74) is 5.68. The fourth-order valence-corrected chi connectivity index (χ4v) is 2.16. The molecule has 1 heteroatoms. The lowest BCUT2D eigenvalue weighted by molar-refractivity contribution is 1.08. The van der Waals surface area contributed by atoms with E-state index in [1.807, 2.05) is 12.3 Å². The fourth-order valence-electron chi connectivity index (χ4n) is 2.16. The van der Waals surface area contributed by atoms with Crippen molar-refractivity contribution in [1.82, 2.24) is 0 Å². The highest BCUT2D eigenvalue weighted by Crippen LogP contribution is 2.34. The van der Waals surface area contributed by atoms with Gasteiger partial charge in [-0.2, -0.15) is 0 Å². The van der Waals surface area contributed by atoms with Gasteiger partial charge in [-0.15, -0.1) is 0 Å². The molecule has 0 unspecified atom stereocenters. The molecule has 1 aromatic rings. The van der Waals surface area contributed by atoms with Crippen LogP contribution in [0.5, 0.6) is 0 Å². The molecule has 0 saturated heterocycles. The van der Waals surface area contributed by atoms with E-state index in [4.69, 9.17) is 0 Å². The first kappa shape index (κ1) is 7.74. The normalized spacial score (nSPS) is 18.0. The van der Waals surface area contributed by atoms with E-state index in [1.165, 1.54) is 22.3 Å². The summed E-state index contributed by atoms with van der Waals surface area (Å²) in [4.78, 5) is 4.33. The number of allylic oxidation sites excluding steroid dienone is 3. The Balaban J connectivity index is 2.16. The topological polar surface area (TPSA) is 12.4 Å². The van der Waals surface area contributed by atoms with Gasteiger partial charge in [-0.25, -0.2) is 0 Å². The summed E-state index contributed by atoms with van der Waals surface area (Å²) in [5.74, 6) is 0. The lowest BCUT2D eigenvalue weighted by Gasteiger charge is -1.99. The Bertz CT molecular complexity index is 464. The van der Waals surface area contributed by atoms with E-state index in [-0.39, 0.29) is 0 Å². The average Bonchev–Trinajstić information content (AvgIpc) is 2.42. The Morgan fingerprint density at radius 3 is 3.07 bits per heavy atom. The first-order valence-corrected chi connectivity index (χ1v) is 4.92. The van der Waals surface area contributed by atoms with Crippen LogP contribution < -0.4 is 0 Å². The second kappa shape index (κ2) is 2.95. The van der Waals surface area contributed by atoms with Crippen LogP contribution in [0.3, 0.4) is 0 Å². The standard InChI is InChI=1S/C13H11N/c1-2-5-12-10(4-1)8-11-9-14-7-3-6-13(11)12/h1-7H,8-9H2. The first-order valence-electron chi connectivity index (χ1n) is 4.92. The highest BCUT2D eigenvalue weighted by molar-refractivity contribution is 5.88. The molecule has 0 radical (unpaired) electrons. The number of hydrogen-bond donors (Lipinski definition) is 0. The van der Waals surface area contributed by atoms with Crippen LogP contribution in [0.1, 0.15) is 11.1 Å². The van der Waals surface area contributed by atoms with Crippen LogP contribution in [0.15, 0.2) is 47.0 Å².